The van der Waals surface area contributed by atoms with Crippen molar-refractivity contribution in [2.45, 2.75) is 95.4 Å². The van der Waals surface area contributed by atoms with Crippen LogP contribution in [-0.2, 0) is 0 Å². The van der Waals surface area contributed by atoms with Crippen molar-refractivity contribution in [2.75, 3.05) is 13.1 Å². The van der Waals surface area contributed by atoms with Gasteiger partial charge in [0, 0.05) is 17.6 Å². The molecule has 0 saturated heterocycles. The topological polar surface area (TPSA) is 3.24 Å². The van der Waals surface area contributed by atoms with E-state index in [-0.39, 0.29) is 12.4 Å². The van der Waals surface area contributed by atoms with E-state index in [4.69, 9.17) is 11.6 Å². The highest BCUT2D eigenvalue weighted by Crippen LogP contribution is 2.49. The molecule has 0 spiro atoms. The van der Waals surface area contributed by atoms with Crippen LogP contribution in [0.1, 0.15) is 101 Å². The van der Waals surface area contributed by atoms with E-state index in [1.54, 1.807) is 0 Å². The normalized spacial score (nSPS) is 26.8. The van der Waals surface area contributed by atoms with Crippen LogP contribution in [0.3, 0.4) is 0 Å². The summed E-state index contributed by atoms with van der Waals surface area (Å²) in [6.45, 7) is 4.87. The molecule has 0 amide bonds. The predicted molar refractivity (Wildman–Crippen MR) is 119 cm³/mol. The van der Waals surface area contributed by atoms with Crippen molar-refractivity contribution in [3.63, 3.8) is 0 Å². The lowest BCUT2D eigenvalue weighted by molar-refractivity contribution is 0.156. The molecular weight excluding hydrogens is 373 g/mol. The van der Waals surface area contributed by atoms with Crippen molar-refractivity contribution in [1.29, 1.82) is 0 Å². The second-order valence-electron chi connectivity index (χ2n) is 9.10. The average molecular weight is 410 g/mol. The zero-order valence-corrected chi connectivity index (χ0v) is 18.5. The zero-order valence-electron chi connectivity index (χ0n) is 17.0. The summed E-state index contributed by atoms with van der Waals surface area (Å²) in [6, 6.07) is 7.93. The fourth-order valence-corrected chi connectivity index (χ4v) is 6.00. The van der Waals surface area contributed by atoms with E-state index in [2.05, 4.69) is 30.0 Å². The monoisotopic (exact) mass is 409 g/mol. The van der Waals surface area contributed by atoms with Gasteiger partial charge in [-0.1, -0.05) is 69.2 Å². The minimum Gasteiger partial charge on any atom is -0.300 e. The maximum atomic E-state index is 6.73. The Morgan fingerprint density at radius 1 is 0.963 bits per heavy atom. The molecule has 2 unspecified atom stereocenters. The van der Waals surface area contributed by atoms with Crippen LogP contribution in [0.2, 0.25) is 5.02 Å². The largest absolute Gasteiger partial charge is 0.300 e. The van der Waals surface area contributed by atoms with Gasteiger partial charge in [-0.15, -0.1) is 12.4 Å². The second-order valence-corrected chi connectivity index (χ2v) is 9.50. The Kier molecular flexibility index (Phi) is 7.94. The summed E-state index contributed by atoms with van der Waals surface area (Å²) in [5.74, 6) is 2.32. The van der Waals surface area contributed by atoms with Gasteiger partial charge in [-0.05, 0) is 73.6 Å². The van der Waals surface area contributed by atoms with E-state index in [1.165, 1.54) is 94.8 Å². The highest BCUT2D eigenvalue weighted by molar-refractivity contribution is 6.31. The molecule has 4 rings (SSSR count). The minimum atomic E-state index is 0. The van der Waals surface area contributed by atoms with Gasteiger partial charge in [0.25, 0.3) is 0 Å². The molecule has 3 fully saturated rings. The number of hydrogen-bond acceptors (Lipinski definition) is 1. The van der Waals surface area contributed by atoms with E-state index in [0.717, 1.165) is 22.9 Å². The van der Waals surface area contributed by atoms with Gasteiger partial charge in [0.1, 0.15) is 0 Å². The Hall–Kier alpha value is -0.240. The number of hydrogen-bond donors (Lipinski definition) is 0. The molecule has 0 heterocycles. The first-order chi connectivity index (χ1) is 12.8. The van der Waals surface area contributed by atoms with E-state index >= 15 is 0 Å². The Bertz CT molecular complexity index is 590. The summed E-state index contributed by atoms with van der Waals surface area (Å²) in [6.07, 6.45) is 15.4. The quantitative estimate of drug-likeness (QED) is 0.467. The minimum absolute atomic E-state index is 0. The molecule has 2 atom stereocenters. The van der Waals surface area contributed by atoms with Gasteiger partial charge in [0.2, 0.25) is 0 Å². The Balaban J connectivity index is 0.00000210. The van der Waals surface area contributed by atoms with Crippen LogP contribution in [0.5, 0.6) is 0 Å². The lowest BCUT2D eigenvalue weighted by Gasteiger charge is -2.33. The Labute approximate surface area is 177 Å². The van der Waals surface area contributed by atoms with Crippen LogP contribution < -0.4 is 0 Å². The van der Waals surface area contributed by atoms with Crippen LogP contribution in [0.15, 0.2) is 18.2 Å². The lowest BCUT2D eigenvalue weighted by Crippen LogP contribution is -2.38. The molecule has 152 valence electrons. The highest BCUT2D eigenvalue weighted by atomic mass is 35.5. The summed E-state index contributed by atoms with van der Waals surface area (Å²) in [7, 11) is 0. The summed E-state index contributed by atoms with van der Waals surface area (Å²) in [4.78, 5) is 2.78. The van der Waals surface area contributed by atoms with Crippen molar-refractivity contribution in [2.24, 2.45) is 5.92 Å². The van der Waals surface area contributed by atoms with Crippen LogP contribution in [-0.4, -0.2) is 24.0 Å². The molecule has 0 N–H and O–H groups in total. The highest BCUT2D eigenvalue weighted by Gasteiger charge is 2.40. The fourth-order valence-electron chi connectivity index (χ4n) is 5.66. The molecule has 1 nitrogen and oxygen atoms in total. The van der Waals surface area contributed by atoms with Crippen molar-refractivity contribution < 1.29 is 0 Å². The van der Waals surface area contributed by atoms with E-state index < -0.39 is 0 Å². The van der Waals surface area contributed by atoms with Crippen LogP contribution in [0.25, 0.3) is 0 Å². The number of benzene rings is 1. The molecule has 3 saturated carbocycles. The maximum absolute atomic E-state index is 6.73. The molecule has 0 aliphatic heterocycles. The zero-order chi connectivity index (χ0) is 17.9. The third-order valence-electron chi connectivity index (χ3n) is 7.39. The Morgan fingerprint density at radius 3 is 2.26 bits per heavy atom. The standard InChI is InChI=1S/C24H36ClN.ClH/c1-2-26(21-11-7-4-8-12-21)17-20-15-23(20)19-13-14-22(24(25)16-19)18-9-5-3-6-10-18;/h13-14,16,18,20-21,23H,2-12,15,17H2,1H3;1H. The molecule has 0 bridgehead atoms. The molecule has 0 radical (unpaired) electrons. The summed E-state index contributed by atoms with van der Waals surface area (Å²) < 4.78 is 0. The third kappa shape index (κ3) is 5.22. The molecule has 3 aliphatic rings. The van der Waals surface area contributed by atoms with E-state index in [1.807, 2.05) is 0 Å². The Morgan fingerprint density at radius 2 is 1.63 bits per heavy atom. The molecule has 27 heavy (non-hydrogen) atoms. The van der Waals surface area contributed by atoms with E-state index in [0.29, 0.717) is 5.92 Å². The van der Waals surface area contributed by atoms with Gasteiger partial charge in [0.15, 0.2) is 0 Å². The third-order valence-corrected chi connectivity index (χ3v) is 7.71. The molecule has 3 aliphatic carbocycles. The fraction of sp³-hybridized carbons (Fsp3) is 0.750. The smallest absolute Gasteiger partial charge is 0.0443 e. The SMILES string of the molecule is CCN(CC1CC1c1ccc(C2CCCCC2)c(Cl)c1)C1CCCCC1.Cl. The summed E-state index contributed by atoms with van der Waals surface area (Å²) in [5, 5.41) is 1.04. The maximum Gasteiger partial charge on any atom is 0.0443 e. The molecule has 1 aromatic rings. The first-order valence-electron chi connectivity index (χ1n) is 11.3. The second kappa shape index (κ2) is 9.99. The predicted octanol–water partition coefficient (Wildman–Crippen LogP) is 7.57. The summed E-state index contributed by atoms with van der Waals surface area (Å²) in [5.41, 5.74) is 2.92. The molecular formula is C24H37Cl2N. The van der Waals surface area contributed by atoms with Gasteiger partial charge in [-0.2, -0.15) is 0 Å². The van der Waals surface area contributed by atoms with Crippen molar-refractivity contribution in [1.82, 2.24) is 4.90 Å². The van der Waals surface area contributed by atoms with Crippen molar-refractivity contribution in [3.8, 4) is 0 Å². The first kappa shape index (κ1) is 21.5. The molecule has 0 aromatic heterocycles. The van der Waals surface area contributed by atoms with Gasteiger partial charge >= 0.3 is 0 Å². The van der Waals surface area contributed by atoms with E-state index in [9.17, 15) is 0 Å². The van der Waals surface area contributed by atoms with Gasteiger partial charge in [-0.3, -0.25) is 0 Å². The van der Waals surface area contributed by atoms with Gasteiger partial charge in [-0.25, -0.2) is 0 Å². The van der Waals surface area contributed by atoms with Gasteiger partial charge < -0.3 is 4.90 Å². The van der Waals surface area contributed by atoms with Crippen molar-refractivity contribution >= 4 is 24.0 Å². The number of halogens is 2. The number of nitrogens with zero attached hydrogens (tertiary/aromatic N) is 1. The lowest BCUT2D eigenvalue weighted by atomic mass is 9.83. The van der Waals surface area contributed by atoms with Crippen molar-refractivity contribution in [3.05, 3.63) is 34.3 Å². The molecule has 3 heteroatoms. The first-order valence-corrected chi connectivity index (χ1v) is 11.7. The van der Waals surface area contributed by atoms with Crippen LogP contribution in [0, 0.1) is 5.92 Å². The average Bonchev–Trinajstić information content (AvgIpc) is 3.47. The van der Waals surface area contributed by atoms with Crippen LogP contribution in [0.4, 0.5) is 0 Å². The van der Waals surface area contributed by atoms with Gasteiger partial charge in [0.05, 0.1) is 0 Å². The number of rotatable bonds is 6. The van der Waals surface area contributed by atoms with Crippen LogP contribution >= 0.6 is 24.0 Å². The molecule has 1 aromatic carbocycles. The summed E-state index contributed by atoms with van der Waals surface area (Å²) >= 11 is 6.73.